The molecule has 0 aromatic heterocycles. The Labute approximate surface area is 127 Å². The van der Waals surface area contributed by atoms with Crippen molar-refractivity contribution in [3.63, 3.8) is 0 Å². The van der Waals surface area contributed by atoms with E-state index in [1.54, 1.807) is 26.8 Å². The maximum absolute atomic E-state index is 13.5. The van der Waals surface area contributed by atoms with Gasteiger partial charge in [-0.1, -0.05) is 0 Å². The summed E-state index contributed by atoms with van der Waals surface area (Å²) in [4.78, 5) is 25.6. The SMILES string of the molecule is CN1C(=O)[C@@](C#N)(NC(=O)OC(C)(C)C)c2cc(F)ccc21. The molecule has 2 amide bonds. The molecule has 1 aliphatic heterocycles. The topological polar surface area (TPSA) is 82.4 Å². The molecule has 0 unspecified atom stereocenters. The van der Waals surface area contributed by atoms with Crippen molar-refractivity contribution in [2.75, 3.05) is 11.9 Å². The van der Waals surface area contributed by atoms with Gasteiger partial charge in [-0.15, -0.1) is 0 Å². The maximum atomic E-state index is 13.5. The summed E-state index contributed by atoms with van der Waals surface area (Å²) in [5.41, 5.74) is -2.33. The van der Waals surface area contributed by atoms with Gasteiger partial charge < -0.3 is 9.64 Å². The number of amides is 2. The van der Waals surface area contributed by atoms with Gasteiger partial charge in [-0.2, -0.15) is 5.26 Å². The average Bonchev–Trinajstić information content (AvgIpc) is 2.59. The minimum Gasteiger partial charge on any atom is -0.444 e. The zero-order valence-corrected chi connectivity index (χ0v) is 12.7. The van der Waals surface area contributed by atoms with Crippen molar-refractivity contribution in [3.05, 3.63) is 29.6 Å². The number of benzene rings is 1. The smallest absolute Gasteiger partial charge is 0.409 e. The van der Waals surface area contributed by atoms with Gasteiger partial charge >= 0.3 is 6.09 Å². The van der Waals surface area contributed by atoms with E-state index in [0.717, 1.165) is 6.07 Å². The van der Waals surface area contributed by atoms with Crippen molar-refractivity contribution in [1.82, 2.24) is 5.32 Å². The van der Waals surface area contributed by atoms with Crippen LogP contribution in [0.5, 0.6) is 0 Å². The monoisotopic (exact) mass is 305 g/mol. The van der Waals surface area contributed by atoms with Crippen LogP contribution in [0, 0.1) is 17.1 Å². The lowest BCUT2D eigenvalue weighted by molar-refractivity contribution is -0.122. The van der Waals surface area contributed by atoms with E-state index >= 15 is 0 Å². The molecule has 22 heavy (non-hydrogen) atoms. The molecule has 0 radical (unpaired) electrons. The Morgan fingerprint density at radius 2 is 2.09 bits per heavy atom. The Kier molecular flexibility index (Phi) is 3.57. The van der Waals surface area contributed by atoms with Crippen LogP contribution in [-0.4, -0.2) is 24.6 Å². The lowest BCUT2D eigenvalue weighted by atomic mass is 9.93. The highest BCUT2D eigenvalue weighted by Crippen LogP contribution is 2.39. The summed E-state index contributed by atoms with van der Waals surface area (Å²) >= 11 is 0. The van der Waals surface area contributed by atoms with Gasteiger partial charge in [0.25, 0.3) is 5.91 Å². The molecule has 1 aliphatic rings. The van der Waals surface area contributed by atoms with E-state index in [2.05, 4.69) is 5.32 Å². The number of alkyl carbamates (subject to hydrolysis) is 1. The Balaban J connectivity index is 2.47. The van der Waals surface area contributed by atoms with Crippen molar-refractivity contribution in [2.45, 2.75) is 31.9 Å². The van der Waals surface area contributed by atoms with Crippen LogP contribution in [0.3, 0.4) is 0 Å². The zero-order chi connectivity index (χ0) is 16.7. The Morgan fingerprint density at radius 1 is 1.45 bits per heavy atom. The lowest BCUT2D eigenvalue weighted by Gasteiger charge is -2.25. The van der Waals surface area contributed by atoms with Crippen molar-refractivity contribution in [3.8, 4) is 6.07 Å². The number of carbonyl (C=O) groups is 2. The molecule has 1 heterocycles. The van der Waals surface area contributed by atoms with Crippen LogP contribution in [0.1, 0.15) is 26.3 Å². The summed E-state index contributed by atoms with van der Waals surface area (Å²) in [6, 6.07) is 5.43. The van der Waals surface area contributed by atoms with Gasteiger partial charge in [-0.25, -0.2) is 9.18 Å². The Hall–Kier alpha value is -2.62. The summed E-state index contributed by atoms with van der Waals surface area (Å²) < 4.78 is 18.6. The second kappa shape index (κ2) is 4.98. The molecular weight excluding hydrogens is 289 g/mol. The van der Waals surface area contributed by atoms with Crippen LogP contribution in [0.25, 0.3) is 0 Å². The van der Waals surface area contributed by atoms with E-state index in [-0.39, 0.29) is 5.56 Å². The predicted molar refractivity (Wildman–Crippen MR) is 76.5 cm³/mol. The third kappa shape index (κ3) is 2.48. The molecule has 0 fully saturated rings. The molecule has 0 spiro atoms. The Bertz CT molecular complexity index is 690. The van der Waals surface area contributed by atoms with E-state index < -0.39 is 29.0 Å². The summed E-state index contributed by atoms with van der Waals surface area (Å²) in [6.45, 7) is 4.96. The number of hydrogen-bond acceptors (Lipinski definition) is 4. The number of rotatable bonds is 1. The van der Waals surface area contributed by atoms with Gasteiger partial charge in [0.15, 0.2) is 0 Å². The van der Waals surface area contributed by atoms with E-state index in [1.807, 2.05) is 0 Å². The summed E-state index contributed by atoms with van der Waals surface area (Å²) in [7, 11) is 1.45. The largest absolute Gasteiger partial charge is 0.444 e. The van der Waals surface area contributed by atoms with Crippen LogP contribution >= 0.6 is 0 Å². The number of carbonyl (C=O) groups excluding carboxylic acids is 2. The number of anilines is 1. The lowest BCUT2D eigenvalue weighted by Crippen LogP contribution is -2.52. The first-order valence-electron chi connectivity index (χ1n) is 6.61. The fourth-order valence-electron chi connectivity index (χ4n) is 2.29. The van der Waals surface area contributed by atoms with E-state index in [9.17, 15) is 19.2 Å². The standard InChI is InChI=1S/C15H16FN3O3/c1-14(2,3)22-13(21)18-15(8-17)10-7-9(16)5-6-11(10)19(4)12(15)20/h5-7H,1-4H3,(H,18,21)/t15-/m0/s1. The first kappa shape index (κ1) is 15.8. The summed E-state index contributed by atoms with van der Waals surface area (Å²) in [6.07, 6.45) is -0.923. The molecule has 0 saturated carbocycles. The minimum atomic E-state index is -1.99. The predicted octanol–water partition coefficient (Wildman–Crippen LogP) is 2.05. The molecule has 2 rings (SSSR count). The van der Waals surface area contributed by atoms with Crippen LogP contribution in [-0.2, 0) is 15.1 Å². The molecule has 1 aromatic carbocycles. The number of halogens is 1. The number of likely N-dealkylation sites (N-methyl/N-ethyl adjacent to an activating group) is 1. The first-order valence-corrected chi connectivity index (χ1v) is 6.61. The van der Waals surface area contributed by atoms with E-state index in [1.165, 1.54) is 24.1 Å². The van der Waals surface area contributed by atoms with Gasteiger partial charge in [-0.05, 0) is 39.0 Å². The highest BCUT2D eigenvalue weighted by Gasteiger charge is 2.52. The molecule has 1 aromatic rings. The molecule has 1 atom stereocenters. The highest BCUT2D eigenvalue weighted by molar-refractivity contribution is 6.10. The number of nitriles is 1. The number of hydrogen-bond donors (Lipinski definition) is 1. The highest BCUT2D eigenvalue weighted by atomic mass is 19.1. The third-order valence-electron chi connectivity index (χ3n) is 3.21. The molecule has 0 aliphatic carbocycles. The molecule has 1 N–H and O–H groups in total. The Morgan fingerprint density at radius 3 is 2.64 bits per heavy atom. The third-order valence-corrected chi connectivity index (χ3v) is 3.21. The van der Waals surface area contributed by atoms with Crippen molar-refractivity contribution >= 4 is 17.7 Å². The second-order valence-corrected chi connectivity index (χ2v) is 6.01. The second-order valence-electron chi connectivity index (χ2n) is 6.01. The molecule has 0 bridgehead atoms. The molecule has 0 saturated heterocycles. The first-order chi connectivity index (χ1) is 10.1. The van der Waals surface area contributed by atoms with Crippen LogP contribution < -0.4 is 10.2 Å². The van der Waals surface area contributed by atoms with Crippen molar-refractivity contribution in [1.29, 1.82) is 5.26 Å². The van der Waals surface area contributed by atoms with Crippen molar-refractivity contribution in [2.24, 2.45) is 0 Å². The zero-order valence-electron chi connectivity index (χ0n) is 12.7. The number of nitrogens with zero attached hydrogens (tertiary/aromatic N) is 2. The quantitative estimate of drug-likeness (QED) is 0.860. The van der Waals surface area contributed by atoms with Crippen LogP contribution in [0.15, 0.2) is 18.2 Å². The van der Waals surface area contributed by atoms with Gasteiger partial charge in [0.2, 0.25) is 5.54 Å². The van der Waals surface area contributed by atoms with E-state index in [0.29, 0.717) is 5.69 Å². The van der Waals surface area contributed by atoms with Crippen LogP contribution in [0.2, 0.25) is 0 Å². The van der Waals surface area contributed by atoms with Gasteiger partial charge in [-0.3, -0.25) is 10.1 Å². The minimum absolute atomic E-state index is 0.0911. The number of fused-ring (bicyclic) bond motifs is 1. The number of nitrogens with one attached hydrogen (secondary N) is 1. The normalized spacial score (nSPS) is 20.4. The molecule has 6 nitrogen and oxygen atoms in total. The molecule has 116 valence electrons. The fourth-order valence-corrected chi connectivity index (χ4v) is 2.29. The molecule has 7 heteroatoms. The average molecular weight is 305 g/mol. The van der Waals surface area contributed by atoms with E-state index in [4.69, 9.17) is 4.74 Å². The van der Waals surface area contributed by atoms with Crippen LogP contribution in [0.4, 0.5) is 14.9 Å². The van der Waals surface area contributed by atoms with Gasteiger partial charge in [0.1, 0.15) is 17.5 Å². The summed E-state index contributed by atoms with van der Waals surface area (Å²) in [5.74, 6) is -1.27. The fraction of sp³-hybridized carbons (Fsp3) is 0.400. The summed E-state index contributed by atoms with van der Waals surface area (Å²) in [5, 5.41) is 11.8. The number of ether oxygens (including phenoxy) is 1. The maximum Gasteiger partial charge on any atom is 0.409 e. The van der Waals surface area contributed by atoms with Gasteiger partial charge in [0.05, 0.1) is 5.69 Å². The van der Waals surface area contributed by atoms with Gasteiger partial charge in [0, 0.05) is 12.6 Å². The van der Waals surface area contributed by atoms with Crippen molar-refractivity contribution < 1.29 is 18.7 Å². The molecular formula is C15H16FN3O3.